The SMILES string of the molecule is COc1ccc(C(=O)N(C)[C@H]2CCN(C(=O)[C@@](C)(O)C(F)(F)F)C[C@H]2C)cc1. The van der Waals surface area contributed by atoms with E-state index in [1.807, 2.05) is 0 Å². The van der Waals surface area contributed by atoms with E-state index in [0.717, 1.165) is 4.90 Å². The van der Waals surface area contributed by atoms with Crippen LogP contribution < -0.4 is 4.74 Å². The Bertz CT molecular complexity index is 719. The van der Waals surface area contributed by atoms with Crippen molar-refractivity contribution >= 4 is 11.8 Å². The highest BCUT2D eigenvalue weighted by molar-refractivity contribution is 5.94. The predicted molar refractivity (Wildman–Crippen MR) is 95.9 cm³/mol. The van der Waals surface area contributed by atoms with Crippen molar-refractivity contribution in [3.63, 3.8) is 0 Å². The molecule has 0 aromatic heterocycles. The molecule has 1 N–H and O–H groups in total. The molecule has 1 aliphatic heterocycles. The molecule has 0 radical (unpaired) electrons. The van der Waals surface area contributed by atoms with Gasteiger partial charge in [-0.25, -0.2) is 0 Å². The molecule has 0 unspecified atom stereocenters. The van der Waals surface area contributed by atoms with E-state index in [0.29, 0.717) is 24.7 Å². The van der Waals surface area contributed by atoms with Crippen LogP contribution in [-0.2, 0) is 4.79 Å². The number of hydrogen-bond donors (Lipinski definition) is 1. The largest absolute Gasteiger partial charge is 0.497 e. The normalized spacial score (nSPS) is 22.4. The Balaban J connectivity index is 2.06. The molecule has 0 bridgehead atoms. The number of carbonyl (C=O) groups is 2. The van der Waals surface area contributed by atoms with E-state index < -0.39 is 17.7 Å². The summed E-state index contributed by atoms with van der Waals surface area (Å²) in [6, 6.07) is 6.38. The second-order valence-electron chi connectivity index (χ2n) is 7.30. The van der Waals surface area contributed by atoms with Crippen molar-refractivity contribution in [2.45, 2.75) is 38.1 Å². The van der Waals surface area contributed by atoms with Crippen LogP contribution in [0.1, 0.15) is 30.6 Å². The van der Waals surface area contributed by atoms with Gasteiger partial charge in [0.1, 0.15) is 5.75 Å². The maximum Gasteiger partial charge on any atom is 0.426 e. The Morgan fingerprint density at radius 3 is 2.29 bits per heavy atom. The summed E-state index contributed by atoms with van der Waals surface area (Å²) in [5, 5.41) is 9.62. The van der Waals surface area contributed by atoms with Gasteiger partial charge in [-0.15, -0.1) is 0 Å². The molecular formula is C19H25F3N2O4. The molecule has 6 nitrogen and oxygen atoms in total. The fourth-order valence-electron chi connectivity index (χ4n) is 3.41. The number of rotatable bonds is 4. The highest BCUT2D eigenvalue weighted by atomic mass is 19.4. The minimum absolute atomic E-state index is 0.0238. The molecule has 0 aliphatic carbocycles. The highest BCUT2D eigenvalue weighted by Gasteiger charge is 2.57. The summed E-state index contributed by atoms with van der Waals surface area (Å²) in [6.07, 6.45) is -4.73. The number of benzene rings is 1. The Hall–Kier alpha value is -2.29. The third-order valence-electron chi connectivity index (χ3n) is 5.27. The average Bonchev–Trinajstić information content (AvgIpc) is 2.65. The third-order valence-corrected chi connectivity index (χ3v) is 5.27. The van der Waals surface area contributed by atoms with Crippen LogP contribution in [0.15, 0.2) is 24.3 Å². The van der Waals surface area contributed by atoms with Crippen molar-refractivity contribution in [3.8, 4) is 5.75 Å². The highest BCUT2D eigenvalue weighted by Crippen LogP contribution is 2.33. The number of piperidine rings is 1. The van der Waals surface area contributed by atoms with E-state index in [1.54, 1.807) is 43.1 Å². The van der Waals surface area contributed by atoms with Crippen LogP contribution in [-0.4, -0.2) is 71.8 Å². The summed E-state index contributed by atoms with van der Waals surface area (Å²) >= 11 is 0. The lowest BCUT2D eigenvalue weighted by atomic mass is 9.90. The van der Waals surface area contributed by atoms with Gasteiger partial charge in [0, 0.05) is 31.7 Å². The minimum atomic E-state index is -5.05. The van der Waals surface area contributed by atoms with Crippen molar-refractivity contribution in [2.24, 2.45) is 5.92 Å². The summed E-state index contributed by atoms with van der Waals surface area (Å²) in [5.41, 5.74) is -2.96. The van der Waals surface area contributed by atoms with Gasteiger partial charge in [0.05, 0.1) is 7.11 Å². The molecule has 28 heavy (non-hydrogen) atoms. The van der Waals surface area contributed by atoms with Crippen molar-refractivity contribution in [3.05, 3.63) is 29.8 Å². The number of amides is 2. The van der Waals surface area contributed by atoms with Crippen molar-refractivity contribution in [1.82, 2.24) is 9.80 Å². The van der Waals surface area contributed by atoms with Crippen LogP contribution in [0.2, 0.25) is 0 Å². The van der Waals surface area contributed by atoms with E-state index >= 15 is 0 Å². The Morgan fingerprint density at radius 1 is 1.25 bits per heavy atom. The zero-order valence-corrected chi connectivity index (χ0v) is 16.3. The standard InChI is InChI=1S/C19H25F3N2O4/c1-12-11-24(17(26)18(2,27)19(20,21)22)10-9-15(12)23(3)16(25)13-5-7-14(28-4)8-6-13/h5-8,12,15,27H,9-11H2,1-4H3/t12-,15+,18-/m1/s1. The van der Waals surface area contributed by atoms with Gasteiger partial charge in [0.2, 0.25) is 5.60 Å². The molecule has 2 amide bonds. The fraction of sp³-hybridized carbons (Fsp3) is 0.579. The Labute approximate surface area is 161 Å². The molecule has 1 aromatic carbocycles. The lowest BCUT2D eigenvalue weighted by molar-refractivity contribution is -0.251. The second-order valence-corrected chi connectivity index (χ2v) is 7.30. The van der Waals surface area contributed by atoms with Crippen LogP contribution in [0.25, 0.3) is 0 Å². The minimum Gasteiger partial charge on any atom is -0.497 e. The molecule has 1 fully saturated rings. The molecule has 1 heterocycles. The molecule has 1 aliphatic rings. The molecule has 0 spiro atoms. The number of alkyl halides is 3. The molecular weight excluding hydrogens is 377 g/mol. The number of ether oxygens (including phenoxy) is 1. The first kappa shape index (κ1) is 22.0. The number of hydrogen-bond acceptors (Lipinski definition) is 4. The number of carbonyl (C=O) groups excluding carboxylic acids is 2. The fourth-order valence-corrected chi connectivity index (χ4v) is 3.41. The first-order valence-corrected chi connectivity index (χ1v) is 8.89. The number of likely N-dealkylation sites (tertiary alicyclic amines) is 1. The molecule has 156 valence electrons. The maximum absolute atomic E-state index is 12.9. The van der Waals surface area contributed by atoms with Crippen LogP contribution in [0, 0.1) is 5.92 Å². The molecule has 1 saturated heterocycles. The number of methoxy groups -OCH3 is 1. The number of aliphatic hydroxyl groups is 1. The van der Waals surface area contributed by atoms with Gasteiger partial charge >= 0.3 is 6.18 Å². The molecule has 3 atom stereocenters. The molecule has 0 saturated carbocycles. The van der Waals surface area contributed by atoms with E-state index in [-0.39, 0.29) is 31.0 Å². The topological polar surface area (TPSA) is 70.1 Å². The van der Waals surface area contributed by atoms with E-state index in [9.17, 15) is 27.9 Å². The zero-order valence-electron chi connectivity index (χ0n) is 16.3. The maximum atomic E-state index is 12.9. The second kappa shape index (κ2) is 7.98. The molecule has 9 heteroatoms. The predicted octanol–water partition coefficient (Wildman–Crippen LogP) is 2.32. The monoisotopic (exact) mass is 402 g/mol. The van der Waals surface area contributed by atoms with Gasteiger partial charge in [-0.05, 0) is 43.5 Å². The quantitative estimate of drug-likeness (QED) is 0.839. The molecule has 1 aromatic rings. The van der Waals surface area contributed by atoms with Gasteiger partial charge in [-0.3, -0.25) is 9.59 Å². The smallest absolute Gasteiger partial charge is 0.426 e. The zero-order chi connectivity index (χ0) is 21.3. The summed E-state index contributed by atoms with van der Waals surface area (Å²) < 4.78 is 43.9. The summed E-state index contributed by atoms with van der Waals surface area (Å²) in [7, 11) is 3.16. The summed E-state index contributed by atoms with van der Waals surface area (Å²) in [4.78, 5) is 27.4. The molecule has 2 rings (SSSR count). The number of halogens is 3. The first-order valence-electron chi connectivity index (χ1n) is 8.89. The van der Waals surface area contributed by atoms with Crippen molar-refractivity contribution in [2.75, 3.05) is 27.2 Å². The third kappa shape index (κ3) is 4.24. The van der Waals surface area contributed by atoms with Gasteiger partial charge in [-0.1, -0.05) is 6.92 Å². The average molecular weight is 402 g/mol. The Kier molecular flexibility index (Phi) is 6.27. The van der Waals surface area contributed by atoms with E-state index in [1.165, 1.54) is 7.11 Å². The van der Waals surface area contributed by atoms with Crippen LogP contribution in [0.4, 0.5) is 13.2 Å². The van der Waals surface area contributed by atoms with Crippen molar-refractivity contribution < 1.29 is 32.6 Å². The van der Waals surface area contributed by atoms with Gasteiger partial charge in [0.15, 0.2) is 0 Å². The van der Waals surface area contributed by atoms with Gasteiger partial charge < -0.3 is 19.6 Å². The number of nitrogens with zero attached hydrogens (tertiary/aromatic N) is 2. The van der Waals surface area contributed by atoms with E-state index in [2.05, 4.69) is 0 Å². The lowest BCUT2D eigenvalue weighted by Crippen LogP contribution is -2.60. The summed E-state index contributed by atoms with van der Waals surface area (Å²) in [6.45, 7) is 2.28. The summed E-state index contributed by atoms with van der Waals surface area (Å²) in [5.74, 6) is -1.22. The first-order chi connectivity index (χ1) is 12.9. The van der Waals surface area contributed by atoms with E-state index in [4.69, 9.17) is 4.74 Å². The van der Waals surface area contributed by atoms with Crippen LogP contribution >= 0.6 is 0 Å². The van der Waals surface area contributed by atoms with Gasteiger partial charge in [0.25, 0.3) is 11.8 Å². The van der Waals surface area contributed by atoms with Crippen molar-refractivity contribution in [1.29, 1.82) is 0 Å². The Morgan fingerprint density at radius 2 is 1.82 bits per heavy atom. The van der Waals surface area contributed by atoms with Crippen LogP contribution in [0.5, 0.6) is 5.75 Å². The lowest BCUT2D eigenvalue weighted by Gasteiger charge is -2.43. The van der Waals surface area contributed by atoms with Crippen LogP contribution in [0.3, 0.4) is 0 Å². The van der Waals surface area contributed by atoms with Gasteiger partial charge in [-0.2, -0.15) is 13.2 Å².